The minimum Gasteiger partial charge on any atom is -0.464 e. The number of pyridine rings is 1. The Labute approximate surface area is 428 Å². The number of hydrazine groups is 1. The van der Waals surface area contributed by atoms with Crippen LogP contribution in [0.2, 0.25) is 0 Å². The van der Waals surface area contributed by atoms with Gasteiger partial charge in [-0.15, -0.1) is 0 Å². The van der Waals surface area contributed by atoms with Gasteiger partial charge in [-0.25, -0.2) is 10.2 Å². The molecule has 390 valence electrons. The molecule has 4 fully saturated rings. The molecule has 6 bridgehead atoms. The van der Waals surface area contributed by atoms with Crippen molar-refractivity contribution in [1.82, 2.24) is 40.4 Å². The maximum absolute atomic E-state index is 15.1. The van der Waals surface area contributed by atoms with Gasteiger partial charge in [0.2, 0.25) is 17.7 Å². The van der Waals surface area contributed by atoms with Crippen LogP contribution in [0, 0.1) is 17.3 Å². The van der Waals surface area contributed by atoms with E-state index in [9.17, 15) is 19.2 Å². The van der Waals surface area contributed by atoms with Gasteiger partial charge in [-0.3, -0.25) is 39.3 Å². The van der Waals surface area contributed by atoms with Crippen LogP contribution in [0.5, 0.6) is 5.75 Å². The highest BCUT2D eigenvalue weighted by atomic mass is 16.7. The molecule has 2 aromatic carbocycles. The summed E-state index contributed by atoms with van der Waals surface area (Å²) in [6.45, 7) is 11.4. The minimum absolute atomic E-state index is 0.0525. The van der Waals surface area contributed by atoms with Gasteiger partial charge in [0.25, 0.3) is 5.91 Å². The third kappa shape index (κ3) is 11.1. The number of amides is 4. The first-order valence-electron chi connectivity index (χ1n) is 26.3. The number of nitrogens with zero attached hydrogens (tertiary/aromatic N) is 5. The van der Waals surface area contributed by atoms with Gasteiger partial charge in [-0.05, 0) is 128 Å². The zero-order chi connectivity index (χ0) is 51.9. The van der Waals surface area contributed by atoms with Gasteiger partial charge in [0.15, 0.2) is 0 Å². The number of likely N-dealkylation sites (N-methyl/N-ethyl adjacent to an activating group) is 2. The van der Waals surface area contributed by atoms with Gasteiger partial charge in [-0.2, -0.15) is 0 Å². The van der Waals surface area contributed by atoms with E-state index < -0.39 is 47.5 Å². The molecule has 3 N–H and O–H groups in total. The summed E-state index contributed by atoms with van der Waals surface area (Å²) in [5.74, 6) is -1.38. The molecule has 5 aliphatic rings. The molecule has 3 aliphatic heterocycles. The van der Waals surface area contributed by atoms with Gasteiger partial charge in [-0.1, -0.05) is 52.7 Å². The number of benzene rings is 2. The number of rotatable bonds is 12. The Morgan fingerprint density at radius 1 is 0.973 bits per heavy atom. The molecule has 2 aromatic heterocycles. The van der Waals surface area contributed by atoms with Crippen molar-refractivity contribution in [3.8, 4) is 28.1 Å². The summed E-state index contributed by atoms with van der Waals surface area (Å²) in [4.78, 5) is 92.1. The zero-order valence-corrected chi connectivity index (χ0v) is 43.6. The number of carbonyl (C=O) groups is 6. The number of aromatic nitrogens is 2. The fraction of sp³-hybridized carbons (Fsp3) is 0.554. The molecule has 73 heavy (non-hydrogen) atoms. The Kier molecular flexibility index (Phi) is 15.0. The fourth-order valence-electron chi connectivity index (χ4n) is 11.5. The van der Waals surface area contributed by atoms with Gasteiger partial charge in [0, 0.05) is 67.7 Å². The van der Waals surface area contributed by atoms with E-state index in [1.165, 1.54) is 21.9 Å². The second-order valence-electron chi connectivity index (χ2n) is 22.0. The number of aryl methyl sites for hydroxylation is 1. The monoisotopic (exact) mass is 1000 g/mol. The van der Waals surface area contributed by atoms with E-state index in [4.69, 9.17) is 19.2 Å². The maximum Gasteiger partial charge on any atom is 0.513 e. The molecule has 0 unspecified atom stereocenters. The lowest BCUT2D eigenvalue weighted by Crippen LogP contribution is -2.62. The van der Waals surface area contributed by atoms with Gasteiger partial charge in [0.1, 0.15) is 29.9 Å². The third-order valence-electron chi connectivity index (χ3n) is 15.5. The van der Waals surface area contributed by atoms with Crippen LogP contribution >= 0.6 is 0 Å². The van der Waals surface area contributed by atoms with Crippen molar-refractivity contribution in [3.63, 3.8) is 0 Å². The second kappa shape index (κ2) is 21.3. The first-order chi connectivity index (χ1) is 34.9. The van der Waals surface area contributed by atoms with Crippen LogP contribution in [-0.2, 0) is 52.8 Å². The number of cyclic esters (lactones) is 1. The lowest BCUT2D eigenvalue weighted by molar-refractivity contribution is -0.155. The molecular formula is C56H72N8O9. The van der Waals surface area contributed by atoms with Crippen LogP contribution in [-0.4, -0.2) is 131 Å². The number of hydrogen-bond acceptors (Lipinski definition) is 12. The van der Waals surface area contributed by atoms with E-state index in [-0.39, 0.29) is 67.6 Å². The first kappa shape index (κ1) is 51.6. The molecule has 17 nitrogen and oxygen atoms in total. The van der Waals surface area contributed by atoms with Crippen molar-refractivity contribution in [2.45, 2.75) is 141 Å². The van der Waals surface area contributed by atoms with Crippen LogP contribution in [0.3, 0.4) is 0 Å². The Hall–Kier alpha value is -6.33. The summed E-state index contributed by atoms with van der Waals surface area (Å²) < 4.78 is 19.1. The standard InChI is InChI=1S/C56H72N8O9/c1-9-63-44-21-20-36-28-40(44)41(50(63)39-16-12-22-57-46(39)32(2)3)29-56(4,5)31-72-54(69)42-17-13-23-64(60-42)52(67)43(26-33-24-37(36)27-38(25-33)73-55(70)71-8)58-51(66)49(35-14-10-11-15-35)62(7)45(65)30-61(6)53(68)48-47(59-48)34-18-19-34/h12,16,20-22,24-25,27-28,32,34-35,42-43,47-49,59-60H,9-11,13-15,17-19,23,26,29-31H2,1-8H3,(H,58,66)/t42-,43-,47+,48+,49-/m0/s1. The molecule has 2 saturated carbocycles. The third-order valence-corrected chi connectivity index (χ3v) is 15.5. The van der Waals surface area contributed by atoms with E-state index in [0.29, 0.717) is 55.7 Å². The van der Waals surface area contributed by atoms with E-state index in [1.807, 2.05) is 24.4 Å². The van der Waals surface area contributed by atoms with Crippen LogP contribution in [0.15, 0.2) is 54.7 Å². The first-order valence-corrected chi connectivity index (χ1v) is 26.3. The Balaban J connectivity index is 1.12. The van der Waals surface area contributed by atoms with Crippen molar-refractivity contribution >= 4 is 46.7 Å². The van der Waals surface area contributed by atoms with E-state index >= 15 is 9.59 Å². The van der Waals surface area contributed by atoms with Crippen molar-refractivity contribution in [1.29, 1.82) is 0 Å². The number of hydrogen-bond donors (Lipinski definition) is 3. The number of ether oxygens (including phenoxy) is 3. The predicted molar refractivity (Wildman–Crippen MR) is 275 cm³/mol. The Morgan fingerprint density at radius 2 is 1.74 bits per heavy atom. The number of esters is 1. The second-order valence-corrected chi connectivity index (χ2v) is 22.0. The molecule has 4 amide bonds. The fourth-order valence-corrected chi connectivity index (χ4v) is 11.5. The predicted octanol–water partition coefficient (Wildman–Crippen LogP) is 6.53. The normalized spacial score (nSPS) is 22.6. The Bertz CT molecular complexity index is 2780. The summed E-state index contributed by atoms with van der Waals surface area (Å²) in [6, 6.07) is 12.6. The largest absolute Gasteiger partial charge is 0.513 e. The molecular weight excluding hydrogens is 929 g/mol. The van der Waals surface area contributed by atoms with Crippen molar-refractivity contribution in [2.75, 3.05) is 40.9 Å². The molecule has 9 rings (SSSR count). The summed E-state index contributed by atoms with van der Waals surface area (Å²) in [7, 11) is 4.44. The SMILES string of the molecule is CCn1c(-c2cccnc2C(C)C)c2c3cc(ccc31)-c1cc(cc(OC(=O)OC)c1)C[C@H](NC(=O)[C@H](C1CCCC1)N(C)C(=O)CN(C)C(=O)[C@@H]1N[C@@H]1C1CC1)C(=O)N1CCC[C@H](N1)C(=O)OCC(C)(C)C2. The van der Waals surface area contributed by atoms with Gasteiger partial charge in [0.05, 0.1) is 31.6 Å². The van der Waals surface area contributed by atoms with Crippen LogP contribution in [0.25, 0.3) is 33.3 Å². The highest BCUT2D eigenvalue weighted by Gasteiger charge is 2.52. The highest BCUT2D eigenvalue weighted by Crippen LogP contribution is 2.43. The molecule has 17 heteroatoms. The molecule has 0 radical (unpaired) electrons. The summed E-state index contributed by atoms with van der Waals surface area (Å²) in [5, 5.41) is 8.75. The average molecular weight is 1000 g/mol. The minimum atomic E-state index is -1.21. The Morgan fingerprint density at radius 3 is 2.45 bits per heavy atom. The van der Waals surface area contributed by atoms with E-state index in [0.717, 1.165) is 64.7 Å². The smallest absolute Gasteiger partial charge is 0.464 e. The van der Waals surface area contributed by atoms with E-state index in [2.05, 4.69) is 73.4 Å². The quantitative estimate of drug-likeness (QED) is 0.0788. The van der Waals surface area contributed by atoms with Crippen molar-refractivity contribution < 1.29 is 43.0 Å². The molecule has 5 heterocycles. The summed E-state index contributed by atoms with van der Waals surface area (Å²) in [5.41, 5.74) is 9.82. The van der Waals surface area contributed by atoms with E-state index in [1.54, 1.807) is 26.2 Å². The highest BCUT2D eigenvalue weighted by molar-refractivity contribution is 5.97. The molecule has 5 atom stereocenters. The van der Waals surface area contributed by atoms with Crippen LogP contribution in [0.1, 0.15) is 109 Å². The van der Waals surface area contributed by atoms with Crippen LogP contribution < -0.4 is 20.8 Å². The van der Waals surface area contributed by atoms with Crippen molar-refractivity contribution in [3.05, 3.63) is 71.5 Å². The molecule has 2 aliphatic carbocycles. The van der Waals surface area contributed by atoms with Crippen LogP contribution in [0.4, 0.5) is 4.79 Å². The number of carbonyl (C=O) groups excluding carboxylic acids is 6. The summed E-state index contributed by atoms with van der Waals surface area (Å²) in [6.07, 6.45) is 7.70. The van der Waals surface area contributed by atoms with Gasteiger partial charge >= 0.3 is 12.1 Å². The van der Waals surface area contributed by atoms with Gasteiger partial charge < -0.3 is 33.9 Å². The number of methoxy groups -OCH3 is 1. The molecule has 2 saturated heterocycles. The molecule has 0 spiro atoms. The lowest BCUT2D eigenvalue weighted by Gasteiger charge is -2.37. The summed E-state index contributed by atoms with van der Waals surface area (Å²) >= 11 is 0. The topological polar surface area (TPSA) is 204 Å². The zero-order valence-electron chi connectivity index (χ0n) is 43.6. The number of nitrogens with one attached hydrogen (secondary N) is 3. The number of fused-ring (bicyclic) bond motifs is 6. The molecule has 4 aromatic rings. The maximum atomic E-state index is 15.1. The lowest BCUT2D eigenvalue weighted by atomic mass is 9.83. The van der Waals surface area contributed by atoms with Crippen molar-refractivity contribution in [2.24, 2.45) is 17.3 Å². The average Bonchev–Trinajstić information content (AvgIpc) is 4.30.